The van der Waals surface area contributed by atoms with E-state index in [9.17, 15) is 22.8 Å². The van der Waals surface area contributed by atoms with Gasteiger partial charge in [-0.3, -0.25) is 4.79 Å². The first kappa shape index (κ1) is 21.6. The second-order valence-electron chi connectivity index (χ2n) is 6.86. The summed E-state index contributed by atoms with van der Waals surface area (Å²) in [4.78, 5) is 26.2. The summed E-state index contributed by atoms with van der Waals surface area (Å²) in [5, 5.41) is 8.39. The molecule has 162 valence electrons. The van der Waals surface area contributed by atoms with Crippen LogP contribution >= 0.6 is 0 Å². The van der Waals surface area contributed by atoms with Crippen molar-refractivity contribution in [3.05, 3.63) is 41.7 Å². The molecule has 1 saturated heterocycles. The van der Waals surface area contributed by atoms with Crippen LogP contribution in [0.1, 0.15) is 24.2 Å². The Balaban J connectivity index is 1.72. The molecule has 8 nitrogen and oxygen atoms in total. The minimum absolute atomic E-state index is 0.0608. The Morgan fingerprint density at radius 1 is 1.27 bits per heavy atom. The minimum Gasteiger partial charge on any atom is -0.376 e. The van der Waals surface area contributed by atoms with Crippen LogP contribution in [-0.4, -0.2) is 47.8 Å². The highest BCUT2D eigenvalue weighted by molar-refractivity contribution is 5.96. The van der Waals surface area contributed by atoms with Crippen molar-refractivity contribution >= 4 is 23.4 Å². The zero-order valence-electron chi connectivity index (χ0n) is 16.2. The van der Waals surface area contributed by atoms with Crippen molar-refractivity contribution in [1.29, 1.82) is 0 Å². The summed E-state index contributed by atoms with van der Waals surface area (Å²) in [6.07, 6.45) is -3.43. The van der Waals surface area contributed by atoms with Crippen molar-refractivity contribution in [3.8, 4) is 0 Å². The van der Waals surface area contributed by atoms with Crippen molar-refractivity contribution in [3.63, 3.8) is 0 Å². The third-order valence-corrected chi connectivity index (χ3v) is 4.44. The molecule has 0 bridgehead atoms. The lowest BCUT2D eigenvalue weighted by molar-refractivity contribution is -0.137. The van der Waals surface area contributed by atoms with Crippen molar-refractivity contribution < 1.29 is 32.0 Å². The van der Waals surface area contributed by atoms with Crippen LogP contribution in [0.5, 0.6) is 0 Å². The van der Waals surface area contributed by atoms with Gasteiger partial charge in [-0.1, -0.05) is 17.3 Å². The van der Waals surface area contributed by atoms with Gasteiger partial charge in [0, 0.05) is 19.2 Å². The molecule has 0 aliphatic carbocycles. The fourth-order valence-electron chi connectivity index (χ4n) is 3.07. The van der Waals surface area contributed by atoms with Gasteiger partial charge in [-0.05, 0) is 31.9 Å². The minimum atomic E-state index is -4.63. The maximum atomic E-state index is 13.2. The number of ether oxygens (including phenoxy) is 1. The third-order valence-electron chi connectivity index (χ3n) is 4.44. The molecule has 1 aromatic heterocycles. The number of hydrogen-bond acceptors (Lipinski definition) is 5. The fourth-order valence-corrected chi connectivity index (χ4v) is 3.07. The van der Waals surface area contributed by atoms with Gasteiger partial charge in [0.15, 0.2) is 5.82 Å². The van der Waals surface area contributed by atoms with E-state index in [1.807, 2.05) is 0 Å². The molecule has 0 spiro atoms. The van der Waals surface area contributed by atoms with Gasteiger partial charge < -0.3 is 24.8 Å². The van der Waals surface area contributed by atoms with Gasteiger partial charge in [0.1, 0.15) is 12.3 Å². The molecule has 2 aromatic rings. The van der Waals surface area contributed by atoms with Crippen molar-refractivity contribution in [2.75, 3.05) is 30.3 Å². The number of para-hydroxylation sites is 1. The fraction of sp³-hybridized carbons (Fsp3) is 0.421. The Kier molecular flexibility index (Phi) is 6.60. The number of benzene rings is 1. The molecule has 1 aliphatic heterocycles. The highest BCUT2D eigenvalue weighted by Crippen LogP contribution is 2.34. The molecule has 2 heterocycles. The molecule has 1 atom stereocenters. The molecular formula is C19H21F3N4O4. The number of nitrogens with one attached hydrogen (secondary N) is 2. The zero-order valence-corrected chi connectivity index (χ0v) is 16.2. The molecule has 0 radical (unpaired) electrons. The predicted octanol–water partition coefficient (Wildman–Crippen LogP) is 3.65. The summed E-state index contributed by atoms with van der Waals surface area (Å²) in [6, 6.07) is 5.31. The van der Waals surface area contributed by atoms with Crippen LogP contribution in [0.25, 0.3) is 0 Å². The third kappa shape index (κ3) is 5.72. The second kappa shape index (κ2) is 9.16. The lowest BCUT2D eigenvalue weighted by Crippen LogP contribution is -2.44. The first-order chi connectivity index (χ1) is 14.2. The van der Waals surface area contributed by atoms with E-state index in [-0.39, 0.29) is 24.2 Å². The summed E-state index contributed by atoms with van der Waals surface area (Å²) in [5.74, 6) is 0.0981. The molecule has 2 N–H and O–H groups in total. The van der Waals surface area contributed by atoms with E-state index >= 15 is 0 Å². The molecule has 1 unspecified atom stereocenters. The van der Waals surface area contributed by atoms with Crippen LogP contribution in [0.2, 0.25) is 0 Å². The zero-order chi connectivity index (χ0) is 21.7. The number of rotatable bonds is 6. The van der Waals surface area contributed by atoms with Crippen LogP contribution in [0, 0.1) is 6.92 Å². The Labute approximate surface area is 170 Å². The number of urea groups is 1. The number of nitrogens with zero attached hydrogens (tertiary/aromatic N) is 2. The van der Waals surface area contributed by atoms with Gasteiger partial charge in [0.05, 0.1) is 17.4 Å². The van der Waals surface area contributed by atoms with Gasteiger partial charge >= 0.3 is 12.2 Å². The van der Waals surface area contributed by atoms with Crippen LogP contribution < -0.4 is 10.6 Å². The van der Waals surface area contributed by atoms with Crippen molar-refractivity contribution in [2.24, 2.45) is 0 Å². The van der Waals surface area contributed by atoms with Gasteiger partial charge in [0.2, 0.25) is 5.91 Å². The van der Waals surface area contributed by atoms with Gasteiger partial charge in [-0.15, -0.1) is 0 Å². The number of carbonyl (C=O) groups excluding carboxylic acids is 2. The van der Waals surface area contributed by atoms with Crippen molar-refractivity contribution in [2.45, 2.75) is 32.0 Å². The maximum Gasteiger partial charge on any atom is 0.418 e. The van der Waals surface area contributed by atoms with E-state index in [2.05, 4.69) is 15.8 Å². The quantitative estimate of drug-likeness (QED) is 0.735. The highest BCUT2D eigenvalue weighted by atomic mass is 19.4. The van der Waals surface area contributed by atoms with E-state index in [4.69, 9.17) is 9.26 Å². The number of amides is 3. The molecule has 1 aliphatic rings. The van der Waals surface area contributed by atoms with E-state index in [0.29, 0.717) is 18.8 Å². The average Bonchev–Trinajstić information content (AvgIpc) is 3.32. The topological polar surface area (TPSA) is 96.7 Å². The lowest BCUT2D eigenvalue weighted by atomic mass is 10.1. The predicted molar refractivity (Wildman–Crippen MR) is 101 cm³/mol. The van der Waals surface area contributed by atoms with Gasteiger partial charge in [-0.2, -0.15) is 13.2 Å². The Hall–Kier alpha value is -3.08. The molecule has 1 aromatic carbocycles. The van der Waals surface area contributed by atoms with E-state index in [0.717, 1.165) is 23.5 Å². The number of hydrogen-bond donors (Lipinski definition) is 2. The maximum absolute atomic E-state index is 13.2. The number of alkyl halides is 3. The second-order valence-corrected chi connectivity index (χ2v) is 6.86. The Morgan fingerprint density at radius 2 is 2.03 bits per heavy atom. The summed E-state index contributed by atoms with van der Waals surface area (Å²) in [7, 11) is 0. The van der Waals surface area contributed by atoms with E-state index in [1.165, 1.54) is 18.2 Å². The Bertz CT molecular complexity index is 894. The summed E-state index contributed by atoms with van der Waals surface area (Å²) >= 11 is 0. The Morgan fingerprint density at radius 3 is 2.67 bits per heavy atom. The first-order valence-corrected chi connectivity index (χ1v) is 9.29. The highest BCUT2D eigenvalue weighted by Gasteiger charge is 2.34. The summed E-state index contributed by atoms with van der Waals surface area (Å²) in [5.41, 5.74) is -1.36. The van der Waals surface area contributed by atoms with Crippen LogP contribution in [0.3, 0.4) is 0 Å². The van der Waals surface area contributed by atoms with Crippen LogP contribution in [0.4, 0.5) is 29.5 Å². The number of anilines is 2. The van der Waals surface area contributed by atoms with E-state index in [1.54, 1.807) is 6.92 Å². The summed E-state index contributed by atoms with van der Waals surface area (Å²) < 4.78 is 50.0. The lowest BCUT2D eigenvalue weighted by Gasteiger charge is -2.25. The molecule has 11 heteroatoms. The largest absolute Gasteiger partial charge is 0.418 e. The first-order valence-electron chi connectivity index (χ1n) is 9.29. The van der Waals surface area contributed by atoms with E-state index < -0.39 is 30.2 Å². The molecule has 3 rings (SSSR count). The van der Waals surface area contributed by atoms with Crippen LogP contribution in [-0.2, 0) is 15.7 Å². The molecule has 30 heavy (non-hydrogen) atoms. The number of carbonyl (C=O) groups is 2. The average molecular weight is 426 g/mol. The smallest absolute Gasteiger partial charge is 0.376 e. The van der Waals surface area contributed by atoms with Gasteiger partial charge in [-0.25, -0.2) is 4.79 Å². The van der Waals surface area contributed by atoms with Crippen LogP contribution in [0.15, 0.2) is 34.9 Å². The molecule has 3 amide bonds. The molecular weight excluding hydrogens is 405 g/mol. The molecule has 0 saturated carbocycles. The number of aryl methyl sites for hydroxylation is 1. The monoisotopic (exact) mass is 426 g/mol. The number of halogens is 3. The summed E-state index contributed by atoms with van der Waals surface area (Å²) in [6.45, 7) is 1.84. The normalized spacial score (nSPS) is 16.3. The SMILES string of the molecule is Cc1cc(NC(=O)CN(CC2CCCO2)C(=O)Nc2ccccc2C(F)(F)F)no1. The molecule has 1 fully saturated rings. The van der Waals surface area contributed by atoms with Gasteiger partial charge in [0.25, 0.3) is 0 Å². The number of aromatic nitrogens is 1. The standard InChI is InChI=1S/C19H21F3N4O4/c1-12-9-16(25-30-12)24-17(27)11-26(10-13-5-4-8-29-13)18(28)23-15-7-3-2-6-14(15)19(20,21)22/h2-3,6-7,9,13H,4-5,8,10-11H2,1H3,(H,23,28)(H,24,25,27). The van der Waals surface area contributed by atoms with Crippen molar-refractivity contribution in [1.82, 2.24) is 10.1 Å².